The van der Waals surface area contributed by atoms with Crippen molar-refractivity contribution in [2.24, 2.45) is 0 Å². The van der Waals surface area contributed by atoms with Gasteiger partial charge < -0.3 is 29.7 Å². The third-order valence-electron chi connectivity index (χ3n) is 5.64. The number of carboxylic acids is 1. The number of rotatable bonds is 11. The lowest BCUT2D eigenvalue weighted by Gasteiger charge is -2.27. The van der Waals surface area contributed by atoms with E-state index in [1.807, 2.05) is 30.3 Å². The van der Waals surface area contributed by atoms with Crippen LogP contribution in [0.2, 0.25) is 0 Å². The molecule has 188 valence electrons. The zero-order valence-electron chi connectivity index (χ0n) is 19.3. The number of nitrogens with zero attached hydrogens (tertiary/aromatic N) is 1. The number of benzene rings is 3. The summed E-state index contributed by atoms with van der Waals surface area (Å²) in [5, 5.41) is 34.1. The monoisotopic (exact) mass is 494 g/mol. The number of hydrogen-bond acceptors (Lipinski definition) is 8. The Balaban J connectivity index is 1.31. The van der Waals surface area contributed by atoms with Crippen molar-refractivity contribution in [3.8, 4) is 23.0 Å². The minimum absolute atomic E-state index is 0.0969. The molecule has 3 aromatic rings. The maximum absolute atomic E-state index is 11.5. The summed E-state index contributed by atoms with van der Waals surface area (Å²) >= 11 is 0. The average molecular weight is 495 g/mol. The van der Waals surface area contributed by atoms with E-state index in [1.54, 1.807) is 18.2 Å². The number of para-hydroxylation sites is 2. The molecule has 1 heterocycles. The number of fused-ring (bicyclic) bond motifs is 1. The molecule has 4 rings (SSSR count). The predicted molar refractivity (Wildman–Crippen MR) is 130 cm³/mol. The molecule has 0 saturated carbocycles. The molecule has 0 radical (unpaired) electrons. The lowest BCUT2D eigenvalue weighted by molar-refractivity contribution is -0.385. The Morgan fingerprint density at radius 3 is 2.69 bits per heavy atom. The number of carboxylic acid groups (broad SMARTS) is 1. The van der Waals surface area contributed by atoms with Crippen molar-refractivity contribution >= 4 is 11.7 Å². The van der Waals surface area contributed by atoms with Crippen molar-refractivity contribution in [1.29, 1.82) is 0 Å². The standard InChI is InChI=1S/C26H26N2O8/c29-18(16-34-19-5-2-1-3-6-19)14-27-15-21-10-9-17-13-20(11-12-24(17)35-21)36-25-22(26(30)31)7-4-8-23(25)28(32)33/h1-8,11-13,18,21,27,29H,9-10,14-16H2,(H,30,31). The molecule has 3 N–H and O–H groups in total. The molecule has 0 aliphatic carbocycles. The van der Waals surface area contributed by atoms with E-state index >= 15 is 0 Å². The lowest BCUT2D eigenvalue weighted by Crippen LogP contribution is -2.39. The van der Waals surface area contributed by atoms with Crippen LogP contribution in [0.4, 0.5) is 5.69 Å². The smallest absolute Gasteiger partial charge is 0.339 e. The molecule has 0 bridgehead atoms. The van der Waals surface area contributed by atoms with Crippen LogP contribution in [0.3, 0.4) is 0 Å². The highest BCUT2D eigenvalue weighted by Crippen LogP contribution is 2.37. The van der Waals surface area contributed by atoms with Crippen LogP contribution in [0.25, 0.3) is 0 Å². The molecule has 10 nitrogen and oxygen atoms in total. The van der Waals surface area contributed by atoms with Crippen molar-refractivity contribution in [2.45, 2.75) is 25.0 Å². The number of hydrogen-bond donors (Lipinski definition) is 3. The Kier molecular flexibility index (Phi) is 7.99. The summed E-state index contributed by atoms with van der Waals surface area (Å²) < 4.78 is 17.3. The van der Waals surface area contributed by atoms with Gasteiger partial charge in [0.1, 0.15) is 41.6 Å². The van der Waals surface area contributed by atoms with E-state index in [2.05, 4.69) is 5.32 Å². The second-order valence-corrected chi connectivity index (χ2v) is 8.30. The van der Waals surface area contributed by atoms with E-state index in [-0.39, 0.29) is 29.8 Å². The molecule has 2 atom stereocenters. The molecule has 36 heavy (non-hydrogen) atoms. The van der Waals surface area contributed by atoms with Crippen LogP contribution in [0.1, 0.15) is 22.3 Å². The van der Waals surface area contributed by atoms with E-state index < -0.39 is 22.7 Å². The van der Waals surface area contributed by atoms with Gasteiger partial charge in [0.05, 0.1) is 4.92 Å². The molecular weight excluding hydrogens is 468 g/mol. The molecule has 2 unspecified atom stereocenters. The van der Waals surface area contributed by atoms with Gasteiger partial charge in [-0.1, -0.05) is 24.3 Å². The number of nitro groups is 1. The number of nitro benzene ring substituents is 1. The number of nitrogens with one attached hydrogen (secondary N) is 1. The van der Waals surface area contributed by atoms with Gasteiger partial charge in [-0.05, 0) is 54.8 Å². The van der Waals surface area contributed by atoms with Crippen LogP contribution in [-0.4, -0.2) is 53.0 Å². The third-order valence-corrected chi connectivity index (χ3v) is 5.64. The van der Waals surface area contributed by atoms with Gasteiger partial charge in [0.15, 0.2) is 0 Å². The first-order valence-electron chi connectivity index (χ1n) is 11.5. The SMILES string of the molecule is O=C(O)c1cccc([N+](=O)[O-])c1Oc1ccc2c(c1)CCC(CNCC(O)COc1ccccc1)O2. The normalized spacial score (nSPS) is 15.3. The van der Waals surface area contributed by atoms with Crippen molar-refractivity contribution in [3.63, 3.8) is 0 Å². The fourth-order valence-electron chi connectivity index (χ4n) is 3.87. The molecule has 10 heteroatoms. The van der Waals surface area contributed by atoms with Crippen molar-refractivity contribution in [3.05, 3.63) is 88.0 Å². The first-order valence-corrected chi connectivity index (χ1v) is 11.5. The summed E-state index contributed by atoms with van der Waals surface area (Å²) in [6.07, 6.45) is 0.631. The summed E-state index contributed by atoms with van der Waals surface area (Å²) in [4.78, 5) is 22.2. The number of ether oxygens (including phenoxy) is 3. The fraction of sp³-hybridized carbons (Fsp3) is 0.269. The van der Waals surface area contributed by atoms with E-state index in [0.717, 1.165) is 5.56 Å². The highest BCUT2D eigenvalue weighted by Gasteiger charge is 2.25. The number of aromatic carboxylic acids is 1. The molecule has 0 saturated heterocycles. The fourth-order valence-corrected chi connectivity index (χ4v) is 3.87. The predicted octanol–water partition coefficient (Wildman–Crippen LogP) is 3.81. The molecule has 3 aromatic carbocycles. The molecule has 1 aliphatic heterocycles. The summed E-state index contributed by atoms with van der Waals surface area (Å²) in [6, 6.07) is 18.0. The molecule has 0 fully saturated rings. The van der Waals surface area contributed by atoms with Gasteiger partial charge in [0.2, 0.25) is 5.75 Å². The quantitative estimate of drug-likeness (QED) is 0.268. The molecule has 0 spiro atoms. The first kappa shape index (κ1) is 25.0. The van der Waals surface area contributed by atoms with E-state index in [4.69, 9.17) is 14.2 Å². The highest BCUT2D eigenvalue weighted by molar-refractivity contribution is 5.92. The van der Waals surface area contributed by atoms with E-state index in [1.165, 1.54) is 18.2 Å². The number of aliphatic hydroxyl groups excluding tert-OH is 1. The Morgan fingerprint density at radius 2 is 1.94 bits per heavy atom. The maximum atomic E-state index is 11.5. The second-order valence-electron chi connectivity index (χ2n) is 8.30. The van der Waals surface area contributed by atoms with Gasteiger partial charge in [-0.15, -0.1) is 0 Å². The van der Waals surface area contributed by atoms with Gasteiger partial charge >= 0.3 is 11.7 Å². The van der Waals surface area contributed by atoms with Gasteiger partial charge in [-0.25, -0.2) is 4.79 Å². The maximum Gasteiger partial charge on any atom is 0.339 e. The van der Waals surface area contributed by atoms with Gasteiger partial charge in [-0.3, -0.25) is 10.1 Å². The average Bonchev–Trinajstić information content (AvgIpc) is 2.88. The van der Waals surface area contributed by atoms with Crippen LogP contribution in [0.5, 0.6) is 23.0 Å². The van der Waals surface area contributed by atoms with Crippen molar-refractivity contribution < 1.29 is 34.1 Å². The minimum atomic E-state index is -1.32. The summed E-state index contributed by atoms with van der Waals surface area (Å²) in [5.41, 5.74) is 0.141. The number of aliphatic hydroxyl groups is 1. The molecule has 1 aliphatic rings. The van der Waals surface area contributed by atoms with Gasteiger partial charge in [-0.2, -0.15) is 0 Å². The lowest BCUT2D eigenvalue weighted by atomic mass is 10.0. The minimum Gasteiger partial charge on any atom is -0.491 e. The Hall–Kier alpha value is -4.15. The highest BCUT2D eigenvalue weighted by atomic mass is 16.6. The molecule has 0 amide bonds. The van der Waals surface area contributed by atoms with Crippen LogP contribution >= 0.6 is 0 Å². The van der Waals surface area contributed by atoms with Crippen LogP contribution < -0.4 is 19.5 Å². The van der Waals surface area contributed by atoms with Gasteiger partial charge in [0.25, 0.3) is 0 Å². The molecule has 0 aromatic heterocycles. The zero-order valence-corrected chi connectivity index (χ0v) is 19.3. The van der Waals surface area contributed by atoms with Crippen LogP contribution in [-0.2, 0) is 6.42 Å². The summed E-state index contributed by atoms with van der Waals surface area (Å²) in [7, 11) is 0. The van der Waals surface area contributed by atoms with Crippen LogP contribution in [0, 0.1) is 10.1 Å². The Morgan fingerprint density at radius 1 is 1.14 bits per heavy atom. The summed E-state index contributed by atoms with van der Waals surface area (Å²) in [5.74, 6) is 0.0143. The molecular formula is C26H26N2O8. The summed E-state index contributed by atoms with van der Waals surface area (Å²) in [6.45, 7) is 1.07. The topological polar surface area (TPSA) is 140 Å². The number of aryl methyl sites for hydroxylation is 1. The van der Waals surface area contributed by atoms with Crippen LogP contribution in [0.15, 0.2) is 66.7 Å². The first-order chi connectivity index (χ1) is 17.4. The Labute approximate surface area is 207 Å². The van der Waals surface area contributed by atoms with Gasteiger partial charge in [0, 0.05) is 19.2 Å². The largest absolute Gasteiger partial charge is 0.491 e. The van der Waals surface area contributed by atoms with E-state index in [9.17, 15) is 25.1 Å². The van der Waals surface area contributed by atoms with Crippen molar-refractivity contribution in [1.82, 2.24) is 5.32 Å². The third kappa shape index (κ3) is 6.29. The second kappa shape index (κ2) is 11.5. The number of carbonyl (C=O) groups is 1. The van der Waals surface area contributed by atoms with E-state index in [0.29, 0.717) is 37.4 Å². The zero-order chi connectivity index (χ0) is 25.5. The Bertz CT molecular complexity index is 1190. The van der Waals surface area contributed by atoms with Crippen molar-refractivity contribution in [2.75, 3.05) is 19.7 Å².